The monoisotopic (exact) mass is 475 g/mol. The second kappa shape index (κ2) is 10.7. The summed E-state index contributed by atoms with van der Waals surface area (Å²) in [6, 6.07) is 12.3. The fraction of sp³-hybridized carbons (Fsp3) is 0.391. The Morgan fingerprint density at radius 1 is 1.23 bits per heavy atom. The summed E-state index contributed by atoms with van der Waals surface area (Å²) >= 11 is 3.40. The number of nitrogens with zero attached hydrogens (tertiary/aromatic N) is 1. The lowest BCUT2D eigenvalue weighted by Crippen LogP contribution is -2.43. The van der Waals surface area contributed by atoms with Gasteiger partial charge in [0.1, 0.15) is 5.82 Å². The van der Waals surface area contributed by atoms with Crippen molar-refractivity contribution in [2.45, 2.75) is 32.7 Å². The first-order valence-corrected chi connectivity index (χ1v) is 11.0. The Labute approximate surface area is 185 Å². The van der Waals surface area contributed by atoms with Gasteiger partial charge in [-0.25, -0.2) is 4.39 Å². The van der Waals surface area contributed by atoms with E-state index in [-0.39, 0.29) is 30.0 Å². The molecule has 1 aliphatic rings. The Balaban J connectivity index is 1.43. The molecule has 0 aromatic heterocycles. The van der Waals surface area contributed by atoms with E-state index >= 15 is 0 Å². The minimum atomic E-state index is -0.241. The van der Waals surface area contributed by atoms with Crippen LogP contribution in [0.1, 0.15) is 30.4 Å². The lowest BCUT2D eigenvalue weighted by atomic mass is 9.96. The number of rotatable bonds is 7. The average Bonchev–Trinajstić information content (AvgIpc) is 2.71. The van der Waals surface area contributed by atoms with E-state index in [9.17, 15) is 14.0 Å². The Kier molecular flexibility index (Phi) is 7.99. The molecular weight excluding hydrogens is 449 g/mol. The molecule has 1 atom stereocenters. The molecule has 30 heavy (non-hydrogen) atoms. The number of hydrogen-bond donors (Lipinski definition) is 2. The molecule has 1 aliphatic heterocycles. The van der Waals surface area contributed by atoms with E-state index in [1.807, 2.05) is 31.2 Å². The third-order valence-corrected chi connectivity index (χ3v) is 5.79. The number of carbonyl (C=O) groups excluding carboxylic acids is 2. The summed E-state index contributed by atoms with van der Waals surface area (Å²) in [5, 5.41) is 5.78. The van der Waals surface area contributed by atoms with E-state index in [1.54, 1.807) is 6.07 Å². The minimum absolute atomic E-state index is 0.0228. The van der Waals surface area contributed by atoms with Gasteiger partial charge in [0.25, 0.3) is 0 Å². The number of piperidine rings is 1. The molecule has 160 valence electrons. The van der Waals surface area contributed by atoms with Gasteiger partial charge in [-0.15, -0.1) is 0 Å². The normalized spacial score (nSPS) is 16.8. The molecule has 0 radical (unpaired) electrons. The van der Waals surface area contributed by atoms with Gasteiger partial charge in [-0.3, -0.25) is 14.5 Å². The van der Waals surface area contributed by atoms with Crippen LogP contribution in [-0.2, 0) is 16.1 Å². The van der Waals surface area contributed by atoms with Gasteiger partial charge in [-0.2, -0.15) is 0 Å². The lowest BCUT2D eigenvalue weighted by Gasteiger charge is -2.32. The van der Waals surface area contributed by atoms with Crippen molar-refractivity contribution in [1.29, 1.82) is 0 Å². The molecule has 0 spiro atoms. The molecule has 2 aromatic rings. The molecular formula is C23H27BrFN3O2. The fourth-order valence-corrected chi connectivity index (χ4v) is 4.05. The summed E-state index contributed by atoms with van der Waals surface area (Å²) in [6.45, 7) is 4.41. The largest absolute Gasteiger partial charge is 0.355 e. The van der Waals surface area contributed by atoms with Gasteiger partial charge >= 0.3 is 0 Å². The number of hydrogen-bond acceptors (Lipinski definition) is 3. The summed E-state index contributed by atoms with van der Waals surface area (Å²) in [5.74, 6) is -0.504. The zero-order valence-corrected chi connectivity index (χ0v) is 18.7. The van der Waals surface area contributed by atoms with Crippen LogP contribution in [0.3, 0.4) is 0 Å². The standard InChI is InChI=1S/C23H27BrFN3O2/c1-16-7-8-19(24)13-21(16)27-22(29)9-10-26-23(30)18-5-3-11-28(15-18)14-17-4-2-6-20(25)12-17/h2,4,6-8,12-13,18H,3,5,9-11,14-15H2,1H3,(H,26,30)(H,27,29). The zero-order chi connectivity index (χ0) is 21.5. The van der Waals surface area contributed by atoms with E-state index in [1.165, 1.54) is 12.1 Å². The van der Waals surface area contributed by atoms with E-state index < -0.39 is 0 Å². The first kappa shape index (κ1) is 22.4. The Morgan fingerprint density at radius 2 is 2.07 bits per heavy atom. The van der Waals surface area contributed by atoms with E-state index in [2.05, 4.69) is 31.5 Å². The molecule has 5 nitrogen and oxygen atoms in total. The molecule has 2 aromatic carbocycles. The van der Waals surface area contributed by atoms with Crippen molar-refractivity contribution in [1.82, 2.24) is 10.2 Å². The van der Waals surface area contributed by atoms with Crippen molar-refractivity contribution in [3.63, 3.8) is 0 Å². The van der Waals surface area contributed by atoms with Gasteiger partial charge in [-0.05, 0) is 61.7 Å². The number of aryl methyl sites for hydroxylation is 1. The lowest BCUT2D eigenvalue weighted by molar-refractivity contribution is -0.126. The van der Waals surface area contributed by atoms with Gasteiger partial charge in [0, 0.05) is 36.2 Å². The van der Waals surface area contributed by atoms with Gasteiger partial charge < -0.3 is 10.6 Å². The maximum atomic E-state index is 13.4. The third-order valence-electron chi connectivity index (χ3n) is 5.30. The predicted molar refractivity (Wildman–Crippen MR) is 120 cm³/mol. The molecule has 0 aliphatic carbocycles. The molecule has 1 saturated heterocycles. The highest BCUT2D eigenvalue weighted by Gasteiger charge is 2.25. The van der Waals surface area contributed by atoms with E-state index in [4.69, 9.17) is 0 Å². The van der Waals surface area contributed by atoms with Crippen LogP contribution in [0, 0.1) is 18.7 Å². The Bertz CT molecular complexity index is 906. The van der Waals surface area contributed by atoms with Crippen molar-refractivity contribution in [2.75, 3.05) is 25.0 Å². The highest BCUT2D eigenvalue weighted by molar-refractivity contribution is 9.10. The number of halogens is 2. The maximum absolute atomic E-state index is 13.4. The topological polar surface area (TPSA) is 61.4 Å². The quantitative estimate of drug-likeness (QED) is 0.628. The first-order valence-electron chi connectivity index (χ1n) is 10.2. The van der Waals surface area contributed by atoms with Crippen LogP contribution < -0.4 is 10.6 Å². The van der Waals surface area contributed by atoms with Crippen LogP contribution in [0.2, 0.25) is 0 Å². The molecule has 0 bridgehead atoms. The van der Waals surface area contributed by atoms with Crippen molar-refractivity contribution in [3.8, 4) is 0 Å². The second-order valence-electron chi connectivity index (χ2n) is 7.75. The number of likely N-dealkylation sites (tertiary alicyclic amines) is 1. The molecule has 3 rings (SSSR count). The number of benzene rings is 2. The van der Waals surface area contributed by atoms with Crippen LogP contribution in [0.15, 0.2) is 46.9 Å². The molecule has 1 fully saturated rings. The molecule has 2 N–H and O–H groups in total. The fourth-order valence-electron chi connectivity index (χ4n) is 3.69. The van der Waals surface area contributed by atoms with Crippen LogP contribution in [0.4, 0.5) is 10.1 Å². The van der Waals surface area contributed by atoms with Gasteiger partial charge in [-0.1, -0.05) is 34.1 Å². The molecule has 0 saturated carbocycles. The number of anilines is 1. The van der Waals surface area contributed by atoms with Crippen LogP contribution in [0.25, 0.3) is 0 Å². The van der Waals surface area contributed by atoms with E-state index in [0.29, 0.717) is 19.6 Å². The van der Waals surface area contributed by atoms with E-state index in [0.717, 1.165) is 40.7 Å². The Hall–Kier alpha value is -2.25. The number of nitrogens with one attached hydrogen (secondary N) is 2. The van der Waals surface area contributed by atoms with Crippen molar-refractivity contribution in [3.05, 3.63) is 63.9 Å². The smallest absolute Gasteiger partial charge is 0.226 e. The van der Waals surface area contributed by atoms with Crippen LogP contribution in [0.5, 0.6) is 0 Å². The van der Waals surface area contributed by atoms with Crippen molar-refractivity contribution in [2.24, 2.45) is 5.92 Å². The summed E-state index contributed by atoms with van der Waals surface area (Å²) in [4.78, 5) is 26.9. The maximum Gasteiger partial charge on any atom is 0.226 e. The summed E-state index contributed by atoms with van der Waals surface area (Å²) in [5.41, 5.74) is 2.66. The first-order chi connectivity index (χ1) is 14.4. The number of amides is 2. The highest BCUT2D eigenvalue weighted by Crippen LogP contribution is 2.21. The third kappa shape index (κ3) is 6.64. The zero-order valence-electron chi connectivity index (χ0n) is 17.1. The SMILES string of the molecule is Cc1ccc(Br)cc1NC(=O)CCNC(=O)C1CCCN(Cc2cccc(F)c2)C1. The van der Waals surface area contributed by atoms with Gasteiger partial charge in [0.05, 0.1) is 5.92 Å². The summed E-state index contributed by atoms with van der Waals surface area (Å²) < 4.78 is 14.3. The van der Waals surface area contributed by atoms with Gasteiger partial charge in [0.15, 0.2) is 0 Å². The van der Waals surface area contributed by atoms with Crippen molar-refractivity contribution >= 4 is 33.4 Å². The molecule has 2 amide bonds. The van der Waals surface area contributed by atoms with Gasteiger partial charge in [0.2, 0.25) is 11.8 Å². The van der Waals surface area contributed by atoms with Crippen LogP contribution in [-0.4, -0.2) is 36.3 Å². The van der Waals surface area contributed by atoms with Crippen LogP contribution >= 0.6 is 15.9 Å². The minimum Gasteiger partial charge on any atom is -0.355 e. The highest BCUT2D eigenvalue weighted by atomic mass is 79.9. The second-order valence-corrected chi connectivity index (χ2v) is 8.67. The summed E-state index contributed by atoms with van der Waals surface area (Å²) in [6.07, 6.45) is 1.97. The van der Waals surface area contributed by atoms with Crippen molar-refractivity contribution < 1.29 is 14.0 Å². The Morgan fingerprint density at radius 3 is 2.87 bits per heavy atom. The molecule has 7 heteroatoms. The summed E-state index contributed by atoms with van der Waals surface area (Å²) in [7, 11) is 0. The number of carbonyl (C=O) groups is 2. The molecule has 1 unspecified atom stereocenters. The molecule has 1 heterocycles. The average molecular weight is 476 g/mol. The predicted octanol–water partition coefficient (Wildman–Crippen LogP) is 4.25.